The molecule has 0 saturated heterocycles. The predicted octanol–water partition coefficient (Wildman–Crippen LogP) is 5.85. The summed E-state index contributed by atoms with van der Waals surface area (Å²) in [6.45, 7) is 3.88. The predicted molar refractivity (Wildman–Crippen MR) is 127 cm³/mol. The summed E-state index contributed by atoms with van der Waals surface area (Å²) in [7, 11) is 0. The molecule has 1 atom stereocenters. The fourth-order valence-corrected chi connectivity index (χ4v) is 4.77. The largest absolute Gasteiger partial charge is 0.459 e. The number of amides is 2. The Morgan fingerprint density at radius 2 is 1.50 bits per heavy atom. The van der Waals surface area contributed by atoms with Crippen LogP contribution in [0.4, 0.5) is 5.00 Å². The monoisotopic (exact) mass is 444 g/mol. The standard InChI is InChI=1S/C26H24N2O3S/c1-17-16-22(28-25(29)21-14-9-15-31-21)32-24(17)26(30)27-18(2)23(19-10-5-3-6-11-19)20-12-7-4-8-13-20/h3-16,18,23H,1-2H3,(H,27,30)(H,28,29)/t18-/m1/s1. The van der Waals surface area contributed by atoms with E-state index in [2.05, 4.69) is 34.9 Å². The zero-order valence-electron chi connectivity index (χ0n) is 17.9. The van der Waals surface area contributed by atoms with Crippen LogP contribution in [0.5, 0.6) is 0 Å². The molecule has 0 aliphatic heterocycles. The lowest BCUT2D eigenvalue weighted by Crippen LogP contribution is -2.37. The molecular formula is C26H24N2O3S. The summed E-state index contributed by atoms with van der Waals surface area (Å²) in [4.78, 5) is 26.0. The van der Waals surface area contributed by atoms with Crippen LogP contribution in [-0.2, 0) is 0 Å². The number of hydrogen-bond acceptors (Lipinski definition) is 4. The molecule has 2 aromatic carbocycles. The number of aryl methyl sites for hydroxylation is 1. The Bertz CT molecular complexity index is 1150. The first-order valence-electron chi connectivity index (χ1n) is 10.4. The maximum absolute atomic E-state index is 13.1. The van der Waals surface area contributed by atoms with Gasteiger partial charge in [0.2, 0.25) is 0 Å². The number of benzene rings is 2. The highest BCUT2D eigenvalue weighted by Gasteiger charge is 2.25. The van der Waals surface area contributed by atoms with Gasteiger partial charge in [-0.15, -0.1) is 11.3 Å². The molecule has 0 radical (unpaired) electrons. The van der Waals surface area contributed by atoms with Crippen LogP contribution >= 0.6 is 11.3 Å². The van der Waals surface area contributed by atoms with E-state index in [4.69, 9.17) is 4.42 Å². The molecule has 2 amide bonds. The molecule has 0 unspecified atom stereocenters. The highest BCUT2D eigenvalue weighted by Crippen LogP contribution is 2.30. The number of carbonyl (C=O) groups is 2. The zero-order valence-corrected chi connectivity index (χ0v) is 18.7. The first kappa shape index (κ1) is 21.6. The van der Waals surface area contributed by atoms with E-state index in [1.807, 2.05) is 50.2 Å². The Balaban J connectivity index is 1.52. The third-order valence-corrected chi connectivity index (χ3v) is 6.43. The summed E-state index contributed by atoms with van der Waals surface area (Å²) >= 11 is 1.25. The molecule has 6 heteroatoms. The van der Waals surface area contributed by atoms with Crippen LogP contribution in [-0.4, -0.2) is 17.9 Å². The van der Waals surface area contributed by atoms with E-state index in [9.17, 15) is 9.59 Å². The molecule has 0 spiro atoms. The molecule has 2 aromatic heterocycles. The number of furan rings is 1. The summed E-state index contributed by atoms with van der Waals surface area (Å²) in [6.07, 6.45) is 1.45. The smallest absolute Gasteiger partial charge is 0.291 e. The minimum absolute atomic E-state index is 0.0137. The summed E-state index contributed by atoms with van der Waals surface area (Å²) in [5.41, 5.74) is 3.09. The Morgan fingerprint density at radius 1 is 0.875 bits per heavy atom. The van der Waals surface area contributed by atoms with Crippen LogP contribution in [0.3, 0.4) is 0 Å². The molecule has 2 heterocycles. The SMILES string of the molecule is Cc1cc(NC(=O)c2ccco2)sc1C(=O)N[C@H](C)C(c1ccccc1)c1ccccc1. The molecule has 4 rings (SSSR count). The van der Waals surface area contributed by atoms with Crippen molar-refractivity contribution >= 4 is 28.2 Å². The second kappa shape index (κ2) is 9.66. The van der Waals surface area contributed by atoms with Crippen molar-refractivity contribution in [2.24, 2.45) is 0 Å². The average Bonchev–Trinajstić information content (AvgIpc) is 3.45. The van der Waals surface area contributed by atoms with E-state index in [0.29, 0.717) is 9.88 Å². The minimum atomic E-state index is -0.343. The van der Waals surface area contributed by atoms with Crippen LogP contribution < -0.4 is 10.6 Å². The van der Waals surface area contributed by atoms with Gasteiger partial charge in [0.25, 0.3) is 11.8 Å². The lowest BCUT2D eigenvalue weighted by atomic mass is 9.86. The van der Waals surface area contributed by atoms with Gasteiger partial charge < -0.3 is 15.1 Å². The van der Waals surface area contributed by atoms with Crippen LogP contribution in [0.25, 0.3) is 0 Å². The van der Waals surface area contributed by atoms with E-state index in [0.717, 1.165) is 16.7 Å². The van der Waals surface area contributed by atoms with E-state index in [1.54, 1.807) is 18.2 Å². The maximum Gasteiger partial charge on any atom is 0.291 e. The molecule has 0 aliphatic rings. The normalized spacial score (nSPS) is 11.8. The summed E-state index contributed by atoms with van der Waals surface area (Å²) in [5.74, 6) is -0.260. The first-order valence-corrected chi connectivity index (χ1v) is 11.2. The van der Waals surface area contributed by atoms with Crippen molar-refractivity contribution in [2.75, 3.05) is 5.32 Å². The van der Waals surface area contributed by atoms with Gasteiger partial charge >= 0.3 is 0 Å². The summed E-state index contributed by atoms with van der Waals surface area (Å²) < 4.78 is 5.13. The highest BCUT2D eigenvalue weighted by atomic mass is 32.1. The van der Waals surface area contributed by atoms with Crippen molar-refractivity contribution in [3.8, 4) is 0 Å². The topological polar surface area (TPSA) is 71.3 Å². The van der Waals surface area contributed by atoms with Gasteiger partial charge in [-0.05, 0) is 48.7 Å². The Hall–Kier alpha value is -3.64. The van der Waals surface area contributed by atoms with Gasteiger partial charge in [0.05, 0.1) is 16.1 Å². The summed E-state index contributed by atoms with van der Waals surface area (Å²) in [5, 5.41) is 6.56. The third kappa shape index (κ3) is 4.81. The molecule has 32 heavy (non-hydrogen) atoms. The van der Waals surface area contributed by atoms with Crippen molar-refractivity contribution in [3.63, 3.8) is 0 Å². The molecule has 162 valence electrons. The fourth-order valence-electron chi connectivity index (χ4n) is 3.80. The molecule has 0 bridgehead atoms. The number of anilines is 1. The fraction of sp³-hybridized carbons (Fsp3) is 0.154. The third-order valence-electron chi connectivity index (χ3n) is 5.28. The van der Waals surface area contributed by atoms with Crippen molar-refractivity contribution in [1.29, 1.82) is 0 Å². The van der Waals surface area contributed by atoms with Gasteiger partial charge in [0.15, 0.2) is 5.76 Å². The molecule has 5 nitrogen and oxygen atoms in total. The van der Waals surface area contributed by atoms with E-state index < -0.39 is 0 Å². The number of thiophene rings is 1. The number of carbonyl (C=O) groups excluding carboxylic acids is 2. The Kier molecular flexibility index (Phi) is 6.52. The summed E-state index contributed by atoms with van der Waals surface area (Å²) in [6, 6.07) is 25.3. The molecule has 0 fully saturated rings. The van der Waals surface area contributed by atoms with Crippen molar-refractivity contribution in [1.82, 2.24) is 5.32 Å². The van der Waals surface area contributed by atoms with Crippen LogP contribution in [0.2, 0.25) is 0 Å². The second-order valence-electron chi connectivity index (χ2n) is 7.62. The number of nitrogens with one attached hydrogen (secondary N) is 2. The van der Waals surface area contributed by atoms with Gasteiger partial charge in [-0.2, -0.15) is 0 Å². The van der Waals surface area contributed by atoms with Crippen LogP contribution in [0, 0.1) is 6.92 Å². The first-order chi connectivity index (χ1) is 15.5. The van der Waals surface area contributed by atoms with Crippen LogP contribution in [0.1, 0.15) is 49.8 Å². The Morgan fingerprint density at radius 3 is 2.06 bits per heavy atom. The quantitative estimate of drug-likeness (QED) is 0.375. The molecule has 2 N–H and O–H groups in total. The average molecular weight is 445 g/mol. The van der Waals surface area contributed by atoms with Crippen molar-refractivity contribution in [2.45, 2.75) is 25.8 Å². The lowest BCUT2D eigenvalue weighted by Gasteiger charge is -2.26. The van der Waals surface area contributed by atoms with Gasteiger partial charge in [-0.25, -0.2) is 0 Å². The molecular weight excluding hydrogens is 420 g/mol. The van der Waals surface area contributed by atoms with Gasteiger partial charge in [-0.3, -0.25) is 9.59 Å². The van der Waals surface area contributed by atoms with Crippen LogP contribution in [0.15, 0.2) is 89.5 Å². The van der Waals surface area contributed by atoms with Crippen molar-refractivity contribution in [3.05, 3.63) is 112 Å². The molecule has 4 aromatic rings. The van der Waals surface area contributed by atoms with E-state index >= 15 is 0 Å². The van der Waals surface area contributed by atoms with E-state index in [1.165, 1.54) is 17.6 Å². The minimum Gasteiger partial charge on any atom is -0.459 e. The van der Waals surface area contributed by atoms with Crippen molar-refractivity contribution < 1.29 is 14.0 Å². The number of rotatable bonds is 7. The number of hydrogen-bond donors (Lipinski definition) is 2. The zero-order chi connectivity index (χ0) is 22.5. The Labute approximate surface area is 191 Å². The molecule has 0 saturated carbocycles. The second-order valence-corrected chi connectivity index (χ2v) is 8.67. The van der Waals surface area contributed by atoms with Gasteiger partial charge in [0, 0.05) is 12.0 Å². The van der Waals surface area contributed by atoms with Gasteiger partial charge in [0.1, 0.15) is 0 Å². The molecule has 0 aliphatic carbocycles. The lowest BCUT2D eigenvalue weighted by molar-refractivity contribution is 0.0939. The van der Waals surface area contributed by atoms with E-state index in [-0.39, 0.29) is 29.5 Å². The highest BCUT2D eigenvalue weighted by molar-refractivity contribution is 7.18. The maximum atomic E-state index is 13.1. The van der Waals surface area contributed by atoms with Gasteiger partial charge in [-0.1, -0.05) is 60.7 Å².